The molecule has 0 radical (unpaired) electrons. The Hall–Kier alpha value is 0.420. The Morgan fingerprint density at radius 1 is 1.50 bits per heavy atom. The van der Waals surface area contributed by atoms with Crippen LogP contribution in [-0.2, 0) is 0 Å². The van der Waals surface area contributed by atoms with Crippen molar-refractivity contribution >= 4 is 40.4 Å². The first kappa shape index (κ1) is 8.52. The van der Waals surface area contributed by atoms with Gasteiger partial charge in [0.15, 0.2) is 0 Å². The van der Waals surface area contributed by atoms with Gasteiger partial charge in [-0.15, -0.1) is 0 Å². The molecule has 0 N–H and O–H groups in total. The fraction of sp³-hybridized carbons (Fsp3) is 0.143. The molecule has 0 saturated carbocycles. The minimum Gasteiger partial charge on any atom is -0.0948 e. The van der Waals surface area contributed by atoms with Crippen LogP contribution in [0.2, 0.25) is 0 Å². The van der Waals surface area contributed by atoms with Crippen molar-refractivity contribution in [3.8, 4) is 0 Å². The molecular formula is C7H7BrClP. The SMILES string of the molecule is Cc1cc(Br)ccc1PCl. The van der Waals surface area contributed by atoms with Crippen molar-refractivity contribution in [3.63, 3.8) is 0 Å². The van der Waals surface area contributed by atoms with E-state index in [4.69, 9.17) is 11.2 Å². The Kier molecular flexibility index (Phi) is 3.16. The maximum absolute atomic E-state index is 5.70. The molecule has 10 heavy (non-hydrogen) atoms. The summed E-state index contributed by atoms with van der Waals surface area (Å²) >= 11 is 9.08. The molecule has 0 aliphatic heterocycles. The molecule has 1 rings (SSSR count). The van der Waals surface area contributed by atoms with Crippen LogP contribution in [0.25, 0.3) is 0 Å². The molecule has 0 amide bonds. The number of benzene rings is 1. The van der Waals surface area contributed by atoms with Gasteiger partial charge >= 0.3 is 0 Å². The lowest BCUT2D eigenvalue weighted by atomic mass is 10.2. The molecule has 1 atom stereocenters. The predicted molar refractivity (Wildman–Crippen MR) is 52.7 cm³/mol. The molecule has 1 aromatic carbocycles. The van der Waals surface area contributed by atoms with Crippen LogP contribution in [0.3, 0.4) is 0 Å². The van der Waals surface area contributed by atoms with E-state index in [2.05, 4.69) is 28.9 Å². The molecule has 0 aliphatic rings. The van der Waals surface area contributed by atoms with Gasteiger partial charge in [0.25, 0.3) is 0 Å². The largest absolute Gasteiger partial charge is 0.0948 e. The third-order valence-electron chi connectivity index (χ3n) is 1.29. The maximum atomic E-state index is 5.70. The molecule has 0 saturated heterocycles. The molecule has 0 nitrogen and oxygen atoms in total. The van der Waals surface area contributed by atoms with Crippen molar-refractivity contribution in [3.05, 3.63) is 28.2 Å². The molecule has 0 aromatic heterocycles. The first-order valence-corrected chi connectivity index (χ1v) is 5.67. The minimum absolute atomic E-state index is 0.377. The summed E-state index contributed by atoms with van der Waals surface area (Å²) in [5.41, 5.74) is 1.25. The van der Waals surface area contributed by atoms with Gasteiger partial charge in [-0.3, -0.25) is 0 Å². The van der Waals surface area contributed by atoms with Crippen LogP contribution in [0.4, 0.5) is 0 Å². The average molecular weight is 237 g/mol. The summed E-state index contributed by atoms with van der Waals surface area (Å²) < 4.78 is 1.11. The summed E-state index contributed by atoms with van der Waals surface area (Å²) in [5.74, 6) is 0. The second kappa shape index (κ2) is 3.71. The van der Waals surface area contributed by atoms with Crippen LogP contribution in [-0.4, -0.2) is 0 Å². The molecule has 1 unspecified atom stereocenters. The topological polar surface area (TPSA) is 0 Å². The van der Waals surface area contributed by atoms with E-state index >= 15 is 0 Å². The minimum atomic E-state index is 0.377. The molecule has 0 aliphatic carbocycles. The summed E-state index contributed by atoms with van der Waals surface area (Å²) in [5, 5.41) is 1.23. The number of hydrogen-bond donors (Lipinski definition) is 0. The third kappa shape index (κ3) is 1.95. The Balaban J connectivity index is 3.07. The van der Waals surface area contributed by atoms with E-state index in [1.807, 2.05) is 12.1 Å². The number of aryl methyl sites for hydroxylation is 1. The molecule has 0 bridgehead atoms. The van der Waals surface area contributed by atoms with E-state index in [0.717, 1.165) is 4.47 Å². The Bertz CT molecular complexity index is 237. The first-order valence-electron chi connectivity index (χ1n) is 2.87. The van der Waals surface area contributed by atoms with Gasteiger partial charge in [-0.2, -0.15) is 0 Å². The second-order valence-corrected chi connectivity index (χ2v) is 4.26. The highest BCUT2D eigenvalue weighted by Crippen LogP contribution is 2.20. The summed E-state index contributed by atoms with van der Waals surface area (Å²) in [6.07, 6.45) is 0. The van der Waals surface area contributed by atoms with Crippen molar-refractivity contribution < 1.29 is 0 Å². The number of halogens is 2. The van der Waals surface area contributed by atoms with Gasteiger partial charge in [-0.1, -0.05) is 33.2 Å². The van der Waals surface area contributed by atoms with Gasteiger partial charge in [0, 0.05) is 12.4 Å². The second-order valence-electron chi connectivity index (χ2n) is 2.05. The van der Waals surface area contributed by atoms with Crippen LogP contribution >= 0.6 is 35.1 Å². The van der Waals surface area contributed by atoms with Crippen molar-refractivity contribution in [2.75, 3.05) is 0 Å². The van der Waals surface area contributed by atoms with Crippen molar-refractivity contribution in [2.45, 2.75) is 6.92 Å². The maximum Gasteiger partial charge on any atom is 0.0178 e. The average Bonchev–Trinajstić information content (AvgIpc) is 1.88. The zero-order valence-corrected chi connectivity index (χ0v) is 8.83. The smallest absolute Gasteiger partial charge is 0.0178 e. The molecule has 0 fully saturated rings. The van der Waals surface area contributed by atoms with Gasteiger partial charge in [-0.05, 0) is 29.9 Å². The molecule has 3 heteroatoms. The molecule has 0 heterocycles. The van der Waals surface area contributed by atoms with Crippen LogP contribution in [0.1, 0.15) is 5.56 Å². The zero-order chi connectivity index (χ0) is 7.56. The Morgan fingerprint density at radius 3 is 2.70 bits per heavy atom. The van der Waals surface area contributed by atoms with Crippen LogP contribution in [0.15, 0.2) is 22.7 Å². The highest BCUT2D eigenvalue weighted by Gasteiger charge is 1.95. The first-order chi connectivity index (χ1) is 4.74. The van der Waals surface area contributed by atoms with Crippen LogP contribution in [0.5, 0.6) is 0 Å². The lowest BCUT2D eigenvalue weighted by Crippen LogP contribution is -1.96. The fourth-order valence-corrected chi connectivity index (χ4v) is 2.21. The van der Waals surface area contributed by atoms with E-state index in [-0.39, 0.29) is 0 Å². The van der Waals surface area contributed by atoms with Crippen molar-refractivity contribution in [1.29, 1.82) is 0 Å². The Morgan fingerprint density at radius 2 is 2.20 bits per heavy atom. The number of rotatable bonds is 1. The van der Waals surface area contributed by atoms with E-state index in [9.17, 15) is 0 Å². The van der Waals surface area contributed by atoms with E-state index in [0.29, 0.717) is 7.93 Å². The predicted octanol–water partition coefficient (Wildman–Crippen LogP) is 3.22. The van der Waals surface area contributed by atoms with Gasteiger partial charge < -0.3 is 0 Å². The van der Waals surface area contributed by atoms with Crippen LogP contribution in [0, 0.1) is 6.92 Å². The fourth-order valence-electron chi connectivity index (χ4n) is 0.733. The van der Waals surface area contributed by atoms with E-state index in [1.165, 1.54) is 10.9 Å². The van der Waals surface area contributed by atoms with Crippen molar-refractivity contribution in [1.82, 2.24) is 0 Å². The Labute approximate surface area is 75.7 Å². The van der Waals surface area contributed by atoms with E-state index in [1.54, 1.807) is 0 Å². The van der Waals surface area contributed by atoms with Gasteiger partial charge in [-0.25, -0.2) is 0 Å². The summed E-state index contributed by atoms with van der Waals surface area (Å²) in [6, 6.07) is 6.13. The zero-order valence-electron chi connectivity index (χ0n) is 5.49. The van der Waals surface area contributed by atoms with Gasteiger partial charge in [0.05, 0.1) is 0 Å². The summed E-state index contributed by atoms with van der Waals surface area (Å²) in [4.78, 5) is 0. The highest BCUT2D eigenvalue weighted by atomic mass is 79.9. The number of hydrogen-bond acceptors (Lipinski definition) is 0. The monoisotopic (exact) mass is 236 g/mol. The lowest BCUT2D eigenvalue weighted by Gasteiger charge is -1.99. The highest BCUT2D eigenvalue weighted by molar-refractivity contribution is 9.10. The van der Waals surface area contributed by atoms with Gasteiger partial charge in [0.1, 0.15) is 0 Å². The standard InChI is InChI=1S/C7H7BrClP/c1-5-4-6(8)2-3-7(5)10-9/h2-4,10H,1H3. The van der Waals surface area contributed by atoms with E-state index < -0.39 is 0 Å². The summed E-state index contributed by atoms with van der Waals surface area (Å²) in [6.45, 7) is 2.06. The third-order valence-corrected chi connectivity index (χ3v) is 3.16. The van der Waals surface area contributed by atoms with Crippen LogP contribution < -0.4 is 5.30 Å². The molecule has 1 aromatic rings. The normalized spacial score (nSPS) is 11.1. The van der Waals surface area contributed by atoms with Gasteiger partial charge in [0.2, 0.25) is 0 Å². The molecule has 0 spiro atoms. The van der Waals surface area contributed by atoms with Crippen molar-refractivity contribution in [2.24, 2.45) is 0 Å². The molecular weight excluding hydrogens is 230 g/mol. The summed E-state index contributed by atoms with van der Waals surface area (Å²) in [7, 11) is 0.377. The quantitative estimate of drug-likeness (QED) is 0.658. The molecule has 54 valence electrons. The lowest BCUT2D eigenvalue weighted by molar-refractivity contribution is 1.50.